The lowest BCUT2D eigenvalue weighted by Gasteiger charge is -2.37. The molecule has 0 saturated heterocycles. The quantitative estimate of drug-likeness (QED) is 0.567. The van der Waals surface area contributed by atoms with Crippen molar-refractivity contribution in [3.05, 3.63) is 0 Å². The van der Waals surface area contributed by atoms with E-state index in [1.807, 2.05) is 6.92 Å². The normalized spacial score (nSPS) is 53.5. The topological polar surface area (TPSA) is 20.2 Å². The maximum atomic E-state index is 9.92. The van der Waals surface area contributed by atoms with Crippen LogP contribution in [0.3, 0.4) is 0 Å². The minimum atomic E-state index is -0.333. The molecule has 0 aromatic rings. The third-order valence-electron chi connectivity index (χ3n) is 3.99. The van der Waals surface area contributed by atoms with E-state index >= 15 is 0 Å². The summed E-state index contributed by atoms with van der Waals surface area (Å²) in [4.78, 5) is 0. The van der Waals surface area contributed by atoms with E-state index in [-0.39, 0.29) is 5.60 Å². The minimum Gasteiger partial charge on any atom is -0.390 e. The van der Waals surface area contributed by atoms with Crippen LogP contribution in [0.4, 0.5) is 0 Å². The van der Waals surface area contributed by atoms with Gasteiger partial charge < -0.3 is 5.11 Å². The molecular formula is C10H18O. The smallest absolute Gasteiger partial charge is 0.0651 e. The largest absolute Gasteiger partial charge is 0.390 e. The molecule has 2 saturated carbocycles. The Hall–Kier alpha value is -0.0400. The predicted molar refractivity (Wildman–Crippen MR) is 45.2 cm³/mol. The standard InChI is InChI=1S/C10H18O/c1-9(2)5-8-4-7(9)6-10(8,3)11/h7-8,11H,4-6H2,1-3H3. The monoisotopic (exact) mass is 154 g/mol. The summed E-state index contributed by atoms with van der Waals surface area (Å²) in [6.45, 7) is 6.69. The molecule has 2 rings (SSSR count). The van der Waals surface area contributed by atoms with Gasteiger partial charge in [0.05, 0.1) is 5.60 Å². The number of aliphatic hydroxyl groups is 1. The second-order valence-corrected chi connectivity index (χ2v) is 5.38. The van der Waals surface area contributed by atoms with Gasteiger partial charge in [-0.3, -0.25) is 0 Å². The lowest BCUT2D eigenvalue weighted by atomic mass is 9.71. The molecule has 3 atom stereocenters. The molecule has 0 aromatic carbocycles. The van der Waals surface area contributed by atoms with E-state index < -0.39 is 0 Å². The van der Waals surface area contributed by atoms with Gasteiger partial charge in [-0.25, -0.2) is 0 Å². The molecule has 0 amide bonds. The van der Waals surface area contributed by atoms with E-state index in [1.165, 1.54) is 12.8 Å². The average molecular weight is 154 g/mol. The summed E-state index contributed by atoms with van der Waals surface area (Å²) in [6.07, 6.45) is 3.52. The third kappa shape index (κ3) is 0.936. The Bertz CT molecular complexity index is 161. The van der Waals surface area contributed by atoms with Gasteiger partial charge in [0.25, 0.3) is 0 Å². The van der Waals surface area contributed by atoms with Crippen LogP contribution < -0.4 is 0 Å². The predicted octanol–water partition coefficient (Wildman–Crippen LogP) is 2.19. The Balaban J connectivity index is 2.21. The Morgan fingerprint density at radius 2 is 1.73 bits per heavy atom. The van der Waals surface area contributed by atoms with E-state index in [0.29, 0.717) is 11.3 Å². The van der Waals surface area contributed by atoms with Gasteiger partial charge in [0.15, 0.2) is 0 Å². The minimum absolute atomic E-state index is 0.333. The van der Waals surface area contributed by atoms with Gasteiger partial charge in [0.1, 0.15) is 0 Å². The fourth-order valence-corrected chi connectivity index (χ4v) is 3.05. The summed E-state index contributed by atoms with van der Waals surface area (Å²) in [7, 11) is 0. The highest BCUT2D eigenvalue weighted by molar-refractivity contribution is 5.05. The van der Waals surface area contributed by atoms with E-state index in [1.54, 1.807) is 0 Å². The van der Waals surface area contributed by atoms with Crippen LogP contribution in [-0.4, -0.2) is 10.7 Å². The molecule has 11 heavy (non-hydrogen) atoms. The van der Waals surface area contributed by atoms with Crippen LogP contribution in [0.15, 0.2) is 0 Å². The molecule has 0 radical (unpaired) electrons. The van der Waals surface area contributed by atoms with Crippen molar-refractivity contribution in [1.29, 1.82) is 0 Å². The van der Waals surface area contributed by atoms with Gasteiger partial charge in [-0.05, 0) is 43.4 Å². The zero-order valence-corrected chi connectivity index (χ0v) is 7.72. The van der Waals surface area contributed by atoms with Crippen molar-refractivity contribution in [3.8, 4) is 0 Å². The van der Waals surface area contributed by atoms with Crippen molar-refractivity contribution < 1.29 is 5.11 Å². The van der Waals surface area contributed by atoms with Crippen molar-refractivity contribution >= 4 is 0 Å². The van der Waals surface area contributed by atoms with Gasteiger partial charge >= 0.3 is 0 Å². The maximum Gasteiger partial charge on any atom is 0.0651 e. The first-order chi connectivity index (χ1) is 4.92. The van der Waals surface area contributed by atoms with Gasteiger partial charge in [0, 0.05) is 0 Å². The molecule has 2 aliphatic rings. The Labute approximate surface area is 68.8 Å². The Morgan fingerprint density at radius 3 is 2.00 bits per heavy atom. The summed E-state index contributed by atoms with van der Waals surface area (Å²) in [5.41, 5.74) is 0.174. The van der Waals surface area contributed by atoms with Crippen molar-refractivity contribution in [3.63, 3.8) is 0 Å². The van der Waals surface area contributed by atoms with Crippen LogP contribution in [0.2, 0.25) is 0 Å². The number of hydrogen-bond donors (Lipinski definition) is 1. The molecule has 0 aromatic heterocycles. The summed E-state index contributed by atoms with van der Waals surface area (Å²) in [5.74, 6) is 1.37. The van der Waals surface area contributed by atoms with Gasteiger partial charge in [0.2, 0.25) is 0 Å². The lowest BCUT2D eigenvalue weighted by Crippen LogP contribution is -2.36. The van der Waals surface area contributed by atoms with E-state index in [4.69, 9.17) is 0 Å². The number of rotatable bonds is 0. The molecule has 1 N–H and O–H groups in total. The first kappa shape index (κ1) is 7.60. The second-order valence-electron chi connectivity index (χ2n) is 5.38. The van der Waals surface area contributed by atoms with Crippen LogP contribution in [0.25, 0.3) is 0 Å². The third-order valence-corrected chi connectivity index (χ3v) is 3.99. The Kier molecular flexibility index (Phi) is 1.26. The van der Waals surface area contributed by atoms with Crippen molar-refractivity contribution in [1.82, 2.24) is 0 Å². The van der Waals surface area contributed by atoms with Crippen LogP contribution >= 0.6 is 0 Å². The van der Waals surface area contributed by atoms with Crippen molar-refractivity contribution in [2.45, 2.75) is 45.6 Å². The summed E-state index contributed by atoms with van der Waals surface area (Å²) >= 11 is 0. The lowest BCUT2D eigenvalue weighted by molar-refractivity contribution is -0.0222. The fourth-order valence-electron chi connectivity index (χ4n) is 3.05. The highest BCUT2D eigenvalue weighted by atomic mass is 16.3. The highest BCUT2D eigenvalue weighted by Gasteiger charge is 2.54. The zero-order chi connectivity index (χ0) is 8.28. The van der Waals surface area contributed by atoms with E-state index in [9.17, 15) is 5.11 Å². The van der Waals surface area contributed by atoms with Crippen LogP contribution in [0, 0.1) is 17.3 Å². The van der Waals surface area contributed by atoms with Crippen LogP contribution in [0.1, 0.15) is 40.0 Å². The molecule has 1 heteroatoms. The van der Waals surface area contributed by atoms with Crippen LogP contribution in [0.5, 0.6) is 0 Å². The highest BCUT2D eigenvalue weighted by Crippen LogP contribution is 2.59. The maximum absolute atomic E-state index is 9.92. The molecule has 2 bridgehead atoms. The molecule has 1 nitrogen and oxygen atoms in total. The molecular weight excluding hydrogens is 136 g/mol. The molecule has 2 aliphatic carbocycles. The van der Waals surface area contributed by atoms with Crippen molar-refractivity contribution in [2.75, 3.05) is 0 Å². The molecule has 0 heterocycles. The molecule has 2 fully saturated rings. The first-order valence-corrected chi connectivity index (χ1v) is 4.64. The first-order valence-electron chi connectivity index (χ1n) is 4.64. The van der Waals surface area contributed by atoms with E-state index in [2.05, 4.69) is 13.8 Å². The van der Waals surface area contributed by atoms with Crippen LogP contribution in [-0.2, 0) is 0 Å². The molecule has 0 spiro atoms. The number of hydrogen-bond acceptors (Lipinski definition) is 1. The number of fused-ring (bicyclic) bond motifs is 2. The SMILES string of the molecule is CC1(C)CC2CC1CC2(C)O. The Morgan fingerprint density at radius 1 is 1.09 bits per heavy atom. The summed E-state index contributed by atoms with van der Waals surface area (Å²) in [6, 6.07) is 0. The summed E-state index contributed by atoms with van der Waals surface area (Å²) < 4.78 is 0. The van der Waals surface area contributed by atoms with Gasteiger partial charge in [-0.1, -0.05) is 13.8 Å². The van der Waals surface area contributed by atoms with Gasteiger partial charge in [-0.15, -0.1) is 0 Å². The second kappa shape index (κ2) is 1.82. The van der Waals surface area contributed by atoms with Crippen molar-refractivity contribution in [2.24, 2.45) is 17.3 Å². The molecule has 3 unspecified atom stereocenters. The molecule has 64 valence electrons. The molecule has 0 aliphatic heterocycles. The summed E-state index contributed by atoms with van der Waals surface area (Å²) in [5, 5.41) is 9.92. The average Bonchev–Trinajstić information content (AvgIpc) is 2.18. The van der Waals surface area contributed by atoms with E-state index in [0.717, 1.165) is 12.3 Å². The zero-order valence-electron chi connectivity index (χ0n) is 7.72. The van der Waals surface area contributed by atoms with Gasteiger partial charge in [-0.2, -0.15) is 0 Å². The fraction of sp³-hybridized carbons (Fsp3) is 1.00.